The van der Waals surface area contributed by atoms with Crippen molar-refractivity contribution in [1.82, 2.24) is 4.90 Å². The lowest BCUT2D eigenvalue weighted by Gasteiger charge is -2.28. The molecule has 1 aromatic rings. The van der Waals surface area contributed by atoms with Gasteiger partial charge in [0.15, 0.2) is 0 Å². The van der Waals surface area contributed by atoms with E-state index in [0.29, 0.717) is 13.0 Å². The maximum absolute atomic E-state index is 12.2. The lowest BCUT2D eigenvalue weighted by molar-refractivity contribution is -0.131. The van der Waals surface area contributed by atoms with E-state index in [1.165, 1.54) is 5.56 Å². The van der Waals surface area contributed by atoms with E-state index in [4.69, 9.17) is 5.73 Å². The van der Waals surface area contributed by atoms with Crippen LogP contribution in [0.2, 0.25) is 0 Å². The Bertz CT molecular complexity index is 431. The molecule has 1 aromatic carbocycles. The van der Waals surface area contributed by atoms with Gasteiger partial charge >= 0.3 is 0 Å². The van der Waals surface area contributed by atoms with Crippen molar-refractivity contribution in [3.05, 3.63) is 35.4 Å². The molecule has 0 aliphatic heterocycles. The van der Waals surface area contributed by atoms with Crippen molar-refractivity contribution in [3.63, 3.8) is 0 Å². The molecular weight excluding hydrogens is 248 g/mol. The zero-order valence-electron chi connectivity index (χ0n) is 13.4. The number of aryl methyl sites for hydroxylation is 1. The van der Waals surface area contributed by atoms with E-state index >= 15 is 0 Å². The first-order valence-electron chi connectivity index (χ1n) is 7.31. The van der Waals surface area contributed by atoms with Crippen LogP contribution >= 0.6 is 0 Å². The van der Waals surface area contributed by atoms with Gasteiger partial charge in [-0.1, -0.05) is 52.0 Å². The van der Waals surface area contributed by atoms with Crippen LogP contribution in [0.15, 0.2) is 24.3 Å². The first-order valence-corrected chi connectivity index (χ1v) is 7.31. The molecule has 0 aliphatic carbocycles. The van der Waals surface area contributed by atoms with Gasteiger partial charge in [0, 0.05) is 26.1 Å². The molecule has 3 nitrogen and oxygen atoms in total. The molecule has 0 heterocycles. The summed E-state index contributed by atoms with van der Waals surface area (Å²) in [6.45, 7) is 8.97. The Labute approximate surface area is 123 Å². The first kappa shape index (κ1) is 16.7. The van der Waals surface area contributed by atoms with Gasteiger partial charge in [0.25, 0.3) is 0 Å². The highest BCUT2D eigenvalue weighted by molar-refractivity contribution is 5.76. The van der Waals surface area contributed by atoms with E-state index in [9.17, 15) is 4.79 Å². The number of benzene rings is 1. The fourth-order valence-electron chi connectivity index (χ4n) is 1.89. The Morgan fingerprint density at radius 2 is 1.70 bits per heavy atom. The predicted molar refractivity (Wildman–Crippen MR) is 84.3 cm³/mol. The molecular formula is C17H28N2O. The van der Waals surface area contributed by atoms with Gasteiger partial charge in [-0.05, 0) is 23.0 Å². The van der Waals surface area contributed by atoms with E-state index in [1.807, 2.05) is 7.05 Å². The van der Waals surface area contributed by atoms with Crippen LogP contribution in [0, 0.1) is 5.41 Å². The van der Waals surface area contributed by atoms with Crippen molar-refractivity contribution < 1.29 is 4.79 Å². The van der Waals surface area contributed by atoms with Crippen LogP contribution in [0.4, 0.5) is 0 Å². The van der Waals surface area contributed by atoms with Gasteiger partial charge < -0.3 is 10.6 Å². The Morgan fingerprint density at radius 1 is 1.20 bits per heavy atom. The van der Waals surface area contributed by atoms with Crippen molar-refractivity contribution >= 4 is 5.91 Å². The maximum Gasteiger partial charge on any atom is 0.224 e. The Balaban J connectivity index is 2.57. The van der Waals surface area contributed by atoms with Crippen LogP contribution in [0.1, 0.15) is 45.2 Å². The molecule has 3 heteroatoms. The van der Waals surface area contributed by atoms with Crippen molar-refractivity contribution in [2.75, 3.05) is 7.05 Å². The second-order valence-electron chi connectivity index (χ2n) is 6.60. The van der Waals surface area contributed by atoms with E-state index in [-0.39, 0.29) is 17.4 Å². The second kappa shape index (κ2) is 6.89. The smallest absolute Gasteiger partial charge is 0.224 e. The third-order valence-electron chi connectivity index (χ3n) is 3.78. The van der Waals surface area contributed by atoms with Gasteiger partial charge in [-0.25, -0.2) is 0 Å². The number of rotatable bonds is 5. The third kappa shape index (κ3) is 4.97. The first-order chi connectivity index (χ1) is 9.24. The quantitative estimate of drug-likeness (QED) is 0.898. The molecule has 0 radical (unpaired) electrons. The molecule has 1 rings (SSSR count). The number of hydrogen-bond donors (Lipinski definition) is 1. The van der Waals surface area contributed by atoms with E-state index in [0.717, 1.165) is 12.0 Å². The van der Waals surface area contributed by atoms with Crippen molar-refractivity contribution in [2.24, 2.45) is 11.1 Å². The standard InChI is InChI=1S/C17H28N2O/c1-6-13-7-9-14(10-8-13)12-19(5)16(20)11-15(18)17(2,3)4/h7-10,15H,6,11-12,18H2,1-5H3. The highest BCUT2D eigenvalue weighted by Gasteiger charge is 2.24. The third-order valence-corrected chi connectivity index (χ3v) is 3.78. The highest BCUT2D eigenvalue weighted by atomic mass is 16.2. The summed E-state index contributed by atoms with van der Waals surface area (Å²) in [5.41, 5.74) is 8.50. The summed E-state index contributed by atoms with van der Waals surface area (Å²) in [7, 11) is 1.84. The van der Waals surface area contributed by atoms with Gasteiger partial charge in [-0.15, -0.1) is 0 Å². The number of carbonyl (C=O) groups is 1. The van der Waals surface area contributed by atoms with Crippen molar-refractivity contribution in [3.8, 4) is 0 Å². The van der Waals surface area contributed by atoms with Gasteiger partial charge in [0.05, 0.1) is 0 Å². The summed E-state index contributed by atoms with van der Waals surface area (Å²) >= 11 is 0. The van der Waals surface area contributed by atoms with E-state index < -0.39 is 0 Å². The molecule has 0 aliphatic rings. The number of carbonyl (C=O) groups excluding carboxylic acids is 1. The maximum atomic E-state index is 12.2. The van der Waals surface area contributed by atoms with Gasteiger partial charge in [0.1, 0.15) is 0 Å². The number of nitrogens with zero attached hydrogens (tertiary/aromatic N) is 1. The van der Waals surface area contributed by atoms with Crippen LogP contribution in [-0.2, 0) is 17.8 Å². The lowest BCUT2D eigenvalue weighted by atomic mass is 9.85. The molecule has 1 unspecified atom stereocenters. The van der Waals surface area contributed by atoms with Crippen molar-refractivity contribution in [2.45, 2.75) is 53.1 Å². The minimum Gasteiger partial charge on any atom is -0.341 e. The molecule has 0 saturated heterocycles. The Kier molecular flexibility index (Phi) is 5.75. The average molecular weight is 276 g/mol. The predicted octanol–water partition coefficient (Wildman–Crippen LogP) is 2.97. The van der Waals surface area contributed by atoms with Crippen LogP contribution in [0.3, 0.4) is 0 Å². The Hall–Kier alpha value is -1.35. The van der Waals surface area contributed by atoms with E-state index in [2.05, 4.69) is 52.0 Å². The summed E-state index contributed by atoms with van der Waals surface area (Å²) in [5.74, 6) is 0.104. The minimum absolute atomic E-state index is 0.0424. The summed E-state index contributed by atoms with van der Waals surface area (Å²) in [6, 6.07) is 8.31. The zero-order valence-corrected chi connectivity index (χ0v) is 13.4. The SMILES string of the molecule is CCc1ccc(CN(C)C(=O)CC(N)C(C)(C)C)cc1. The highest BCUT2D eigenvalue weighted by Crippen LogP contribution is 2.20. The normalized spacial score (nSPS) is 13.1. The molecule has 0 saturated carbocycles. The van der Waals surface area contributed by atoms with Crippen LogP contribution in [-0.4, -0.2) is 23.9 Å². The van der Waals surface area contributed by atoms with E-state index in [1.54, 1.807) is 4.90 Å². The van der Waals surface area contributed by atoms with Crippen LogP contribution < -0.4 is 5.73 Å². The van der Waals surface area contributed by atoms with Crippen LogP contribution in [0.25, 0.3) is 0 Å². The molecule has 1 atom stereocenters. The molecule has 0 fully saturated rings. The van der Waals surface area contributed by atoms with Crippen LogP contribution in [0.5, 0.6) is 0 Å². The molecule has 20 heavy (non-hydrogen) atoms. The summed E-state index contributed by atoms with van der Waals surface area (Å²) in [5, 5.41) is 0. The fraction of sp³-hybridized carbons (Fsp3) is 0.588. The number of amides is 1. The van der Waals surface area contributed by atoms with Crippen molar-refractivity contribution in [1.29, 1.82) is 0 Å². The summed E-state index contributed by atoms with van der Waals surface area (Å²) in [6.07, 6.45) is 1.43. The monoisotopic (exact) mass is 276 g/mol. The van der Waals surface area contributed by atoms with Gasteiger partial charge in [-0.2, -0.15) is 0 Å². The lowest BCUT2D eigenvalue weighted by Crippen LogP contribution is -2.40. The Morgan fingerprint density at radius 3 is 2.15 bits per heavy atom. The second-order valence-corrected chi connectivity index (χ2v) is 6.60. The molecule has 112 valence electrons. The zero-order chi connectivity index (χ0) is 15.3. The van der Waals surface area contributed by atoms with Gasteiger partial charge in [0.2, 0.25) is 5.91 Å². The summed E-state index contributed by atoms with van der Waals surface area (Å²) in [4.78, 5) is 13.9. The fourth-order valence-corrected chi connectivity index (χ4v) is 1.89. The van der Waals surface area contributed by atoms with Gasteiger partial charge in [-0.3, -0.25) is 4.79 Å². The molecule has 1 amide bonds. The number of hydrogen-bond acceptors (Lipinski definition) is 2. The average Bonchev–Trinajstić information content (AvgIpc) is 2.38. The molecule has 2 N–H and O–H groups in total. The molecule has 0 aromatic heterocycles. The minimum atomic E-state index is -0.111. The molecule has 0 bridgehead atoms. The summed E-state index contributed by atoms with van der Waals surface area (Å²) < 4.78 is 0. The molecule has 0 spiro atoms. The largest absolute Gasteiger partial charge is 0.341 e. The number of nitrogens with two attached hydrogens (primary N) is 1. The topological polar surface area (TPSA) is 46.3 Å².